The van der Waals surface area contributed by atoms with Crippen molar-refractivity contribution in [2.75, 3.05) is 39.6 Å². The number of phosphoric acid groups is 2. The van der Waals surface area contributed by atoms with E-state index in [4.69, 9.17) is 37.0 Å². The summed E-state index contributed by atoms with van der Waals surface area (Å²) < 4.78 is 68.5. The zero-order valence-corrected chi connectivity index (χ0v) is 62.3. The maximum Gasteiger partial charge on any atom is 0.472 e. The van der Waals surface area contributed by atoms with Crippen LogP contribution in [-0.4, -0.2) is 96.7 Å². The number of hydrogen-bond acceptors (Lipinski definition) is 15. The van der Waals surface area contributed by atoms with Crippen LogP contribution < -0.4 is 0 Å². The van der Waals surface area contributed by atoms with Crippen molar-refractivity contribution in [2.45, 2.75) is 400 Å². The maximum absolute atomic E-state index is 13.1. The van der Waals surface area contributed by atoms with Gasteiger partial charge in [-0.3, -0.25) is 37.3 Å². The number of carbonyl (C=O) groups excluding carboxylic acids is 4. The molecule has 5 atom stereocenters. The minimum Gasteiger partial charge on any atom is -0.462 e. The normalized spacial score (nSPS) is 14.1. The summed E-state index contributed by atoms with van der Waals surface area (Å²) in [6.07, 6.45) is 52.6. The third kappa shape index (κ3) is 68.4. The van der Waals surface area contributed by atoms with E-state index in [9.17, 15) is 43.2 Å². The third-order valence-corrected chi connectivity index (χ3v) is 19.1. The van der Waals surface area contributed by atoms with Crippen LogP contribution in [0.25, 0.3) is 0 Å². The molecule has 19 heteroatoms. The van der Waals surface area contributed by atoms with Crippen LogP contribution in [0.2, 0.25) is 0 Å². The molecule has 0 aliphatic carbocycles. The number of rotatable bonds is 73. The molecular weight excluding hydrogens is 1220 g/mol. The molecule has 17 nitrogen and oxygen atoms in total. The Kier molecular flexibility index (Phi) is 64.6. The van der Waals surface area contributed by atoms with Gasteiger partial charge in [0.2, 0.25) is 0 Å². The molecule has 0 aromatic heterocycles. The number of carbonyl (C=O) groups is 4. The molecule has 0 rings (SSSR count). The van der Waals surface area contributed by atoms with E-state index in [1.54, 1.807) is 0 Å². The molecular formula is C74H144O17P2. The summed E-state index contributed by atoms with van der Waals surface area (Å²) in [5, 5.41) is 10.6. The molecule has 0 amide bonds. The van der Waals surface area contributed by atoms with Crippen LogP contribution >= 0.6 is 15.6 Å². The molecule has 0 saturated carbocycles. The fourth-order valence-electron chi connectivity index (χ4n) is 11.3. The lowest BCUT2D eigenvalue weighted by Gasteiger charge is -2.21. The molecule has 0 saturated heterocycles. The zero-order valence-electron chi connectivity index (χ0n) is 60.6. The summed E-state index contributed by atoms with van der Waals surface area (Å²) >= 11 is 0. The van der Waals surface area contributed by atoms with Gasteiger partial charge in [-0.05, 0) is 37.5 Å². The highest BCUT2D eigenvalue weighted by atomic mass is 31.2. The number of phosphoric ester groups is 2. The average molecular weight is 1370 g/mol. The molecule has 0 radical (unpaired) electrons. The highest BCUT2D eigenvalue weighted by Gasteiger charge is 2.30. The van der Waals surface area contributed by atoms with Crippen LogP contribution in [0.3, 0.4) is 0 Å². The van der Waals surface area contributed by atoms with E-state index in [0.717, 1.165) is 102 Å². The Bertz CT molecular complexity index is 1800. The zero-order chi connectivity index (χ0) is 68.6. The second kappa shape index (κ2) is 66.0. The van der Waals surface area contributed by atoms with Gasteiger partial charge >= 0.3 is 39.5 Å². The molecule has 0 heterocycles. The van der Waals surface area contributed by atoms with Crippen LogP contribution in [-0.2, 0) is 65.4 Å². The van der Waals surface area contributed by atoms with Crippen molar-refractivity contribution in [2.24, 2.45) is 11.8 Å². The highest BCUT2D eigenvalue weighted by Crippen LogP contribution is 2.45. The second-order valence-electron chi connectivity index (χ2n) is 27.6. The first-order valence-corrected chi connectivity index (χ1v) is 41.5. The fourth-order valence-corrected chi connectivity index (χ4v) is 12.9. The Morgan fingerprint density at radius 2 is 0.495 bits per heavy atom. The van der Waals surface area contributed by atoms with Crippen LogP contribution in [0, 0.1) is 11.8 Å². The second-order valence-corrected chi connectivity index (χ2v) is 30.5. The molecule has 2 unspecified atom stereocenters. The van der Waals surface area contributed by atoms with Gasteiger partial charge in [0.05, 0.1) is 26.4 Å². The van der Waals surface area contributed by atoms with E-state index in [1.165, 1.54) is 199 Å². The Balaban J connectivity index is 5.26. The molecule has 0 aromatic rings. The number of aliphatic hydroxyl groups is 1. The maximum atomic E-state index is 13.1. The summed E-state index contributed by atoms with van der Waals surface area (Å²) in [6, 6.07) is 0. The predicted octanol–water partition coefficient (Wildman–Crippen LogP) is 21.6. The van der Waals surface area contributed by atoms with Crippen molar-refractivity contribution in [1.29, 1.82) is 0 Å². The van der Waals surface area contributed by atoms with Gasteiger partial charge in [-0.25, -0.2) is 9.13 Å². The predicted molar refractivity (Wildman–Crippen MR) is 377 cm³/mol. The van der Waals surface area contributed by atoms with Gasteiger partial charge in [-0.15, -0.1) is 0 Å². The van der Waals surface area contributed by atoms with Crippen LogP contribution in [0.4, 0.5) is 0 Å². The number of ether oxygens (including phenoxy) is 4. The van der Waals surface area contributed by atoms with Crippen LogP contribution in [0.5, 0.6) is 0 Å². The first-order chi connectivity index (χ1) is 44.9. The Morgan fingerprint density at radius 3 is 0.731 bits per heavy atom. The first kappa shape index (κ1) is 91.1. The van der Waals surface area contributed by atoms with E-state index < -0.39 is 97.5 Å². The van der Waals surface area contributed by atoms with E-state index in [-0.39, 0.29) is 25.7 Å². The SMILES string of the molecule is CCCCCCCCCCCCCCCCCC(=O)O[C@H](COC(=O)CCCCCCCCCCCCCCCC)COP(=O)(O)OC[C@@H](O)COP(=O)(O)OC[C@@H](COC(=O)CCCCCCCCCCC(C)C)OC(=O)CCCCCCCCCCCCC(C)C. The number of hydrogen-bond donors (Lipinski definition) is 3. The van der Waals surface area contributed by atoms with Crippen molar-refractivity contribution in [3.8, 4) is 0 Å². The molecule has 0 bridgehead atoms. The van der Waals surface area contributed by atoms with Crippen molar-refractivity contribution < 1.29 is 80.2 Å². The van der Waals surface area contributed by atoms with E-state index in [0.29, 0.717) is 25.7 Å². The lowest BCUT2D eigenvalue weighted by Crippen LogP contribution is -2.30. The average Bonchev–Trinajstić information content (AvgIpc) is 2.94. The minimum absolute atomic E-state index is 0.106. The van der Waals surface area contributed by atoms with Gasteiger partial charge in [0, 0.05) is 25.7 Å². The van der Waals surface area contributed by atoms with Crippen molar-refractivity contribution in [3.63, 3.8) is 0 Å². The summed E-state index contributed by atoms with van der Waals surface area (Å²) in [5.74, 6) is -0.638. The van der Waals surface area contributed by atoms with Crippen LogP contribution in [0.1, 0.15) is 382 Å². The Labute approximate surface area is 568 Å². The van der Waals surface area contributed by atoms with Crippen LogP contribution in [0.15, 0.2) is 0 Å². The minimum atomic E-state index is -4.95. The Morgan fingerprint density at radius 1 is 0.290 bits per heavy atom. The standard InChI is InChI=1S/C74H144O17P2/c1-7-9-11-13-15-17-19-21-23-25-27-32-40-46-52-58-73(78)90-69(62-84-71(76)56-50-44-38-31-26-24-22-20-18-16-14-12-10-8-2)64-88-92(80,81)86-60-68(75)61-87-93(82,83)89-65-70(63-85-72(77)57-51-45-39-35-34-37-43-49-55-67(5)6)91-74(79)59-53-47-41-33-29-28-30-36-42-48-54-66(3)4/h66-70,75H,7-65H2,1-6H3,(H,80,81)(H,82,83)/t68-,69-,70-/m1/s1. The molecule has 552 valence electrons. The third-order valence-electron chi connectivity index (χ3n) is 17.2. The molecule has 0 fully saturated rings. The van der Waals surface area contributed by atoms with Gasteiger partial charge < -0.3 is 33.8 Å². The molecule has 0 spiro atoms. The highest BCUT2D eigenvalue weighted by molar-refractivity contribution is 7.47. The number of unbranched alkanes of at least 4 members (excludes halogenated alkanes) is 43. The summed E-state index contributed by atoms with van der Waals surface area (Å²) in [4.78, 5) is 72.7. The van der Waals surface area contributed by atoms with E-state index in [2.05, 4.69) is 41.5 Å². The van der Waals surface area contributed by atoms with Gasteiger partial charge in [-0.2, -0.15) is 0 Å². The number of aliphatic hydroxyl groups excluding tert-OH is 1. The number of esters is 4. The van der Waals surface area contributed by atoms with E-state index in [1.807, 2.05) is 0 Å². The smallest absolute Gasteiger partial charge is 0.462 e. The molecule has 0 aliphatic heterocycles. The molecule has 93 heavy (non-hydrogen) atoms. The van der Waals surface area contributed by atoms with Gasteiger partial charge in [0.1, 0.15) is 19.3 Å². The molecule has 0 aromatic carbocycles. The topological polar surface area (TPSA) is 237 Å². The quantitative estimate of drug-likeness (QED) is 0.0222. The van der Waals surface area contributed by atoms with Crippen molar-refractivity contribution in [3.05, 3.63) is 0 Å². The fraction of sp³-hybridized carbons (Fsp3) is 0.946. The summed E-state index contributed by atoms with van der Waals surface area (Å²) in [5.41, 5.74) is 0. The van der Waals surface area contributed by atoms with Gasteiger partial charge in [0.25, 0.3) is 0 Å². The molecule has 3 N–H and O–H groups in total. The largest absolute Gasteiger partial charge is 0.472 e. The lowest BCUT2D eigenvalue weighted by molar-refractivity contribution is -0.161. The van der Waals surface area contributed by atoms with Gasteiger partial charge in [0.15, 0.2) is 12.2 Å². The summed E-state index contributed by atoms with van der Waals surface area (Å²) in [7, 11) is -9.91. The van der Waals surface area contributed by atoms with Crippen molar-refractivity contribution >= 4 is 39.5 Å². The lowest BCUT2D eigenvalue weighted by atomic mass is 10.0. The van der Waals surface area contributed by atoms with E-state index >= 15 is 0 Å². The van der Waals surface area contributed by atoms with Crippen molar-refractivity contribution in [1.82, 2.24) is 0 Å². The molecule has 0 aliphatic rings. The Hall–Kier alpha value is -1.94. The monoisotopic (exact) mass is 1370 g/mol. The van der Waals surface area contributed by atoms with Gasteiger partial charge in [-0.1, -0.05) is 330 Å². The first-order valence-electron chi connectivity index (χ1n) is 38.5. The summed E-state index contributed by atoms with van der Waals surface area (Å²) in [6.45, 7) is 9.54.